The van der Waals surface area contributed by atoms with E-state index in [-0.39, 0.29) is 30.6 Å². The molecule has 0 bridgehead atoms. The summed E-state index contributed by atoms with van der Waals surface area (Å²) in [6, 6.07) is 14.6. The molecule has 2 aromatic carbocycles. The molecule has 0 atom stereocenters. The van der Waals surface area contributed by atoms with Gasteiger partial charge in [0.05, 0.1) is 22.4 Å². The SMILES string of the molecule is CCCn1c(=O)n(CC(=O)N2CC(=O)Nc3ccccc32)c2ccccc21. The molecule has 3 aromatic rings. The number of hydrogen-bond donors (Lipinski definition) is 1. The number of rotatable bonds is 4. The van der Waals surface area contributed by atoms with Crippen LogP contribution in [0.1, 0.15) is 13.3 Å². The number of fused-ring (bicyclic) bond motifs is 2. The van der Waals surface area contributed by atoms with E-state index in [0.29, 0.717) is 17.9 Å². The van der Waals surface area contributed by atoms with Gasteiger partial charge in [0.1, 0.15) is 13.1 Å². The first-order valence-corrected chi connectivity index (χ1v) is 8.97. The molecular formula is C20H20N4O3. The average Bonchev–Trinajstić information content (AvgIpc) is 2.93. The number of nitrogens with one attached hydrogen (secondary N) is 1. The molecule has 0 saturated heterocycles. The highest BCUT2D eigenvalue weighted by Crippen LogP contribution is 2.29. The van der Waals surface area contributed by atoms with E-state index < -0.39 is 0 Å². The van der Waals surface area contributed by atoms with Crippen LogP contribution in [-0.4, -0.2) is 27.5 Å². The molecule has 0 saturated carbocycles. The zero-order chi connectivity index (χ0) is 19.0. The van der Waals surface area contributed by atoms with Crippen molar-refractivity contribution in [3.8, 4) is 0 Å². The van der Waals surface area contributed by atoms with Crippen molar-refractivity contribution in [1.82, 2.24) is 9.13 Å². The van der Waals surface area contributed by atoms with Gasteiger partial charge in [-0.25, -0.2) is 4.79 Å². The van der Waals surface area contributed by atoms with Gasteiger partial charge in [0, 0.05) is 6.54 Å². The van der Waals surface area contributed by atoms with Crippen molar-refractivity contribution in [3.63, 3.8) is 0 Å². The molecule has 0 radical (unpaired) electrons. The Balaban J connectivity index is 1.73. The number of hydrogen-bond acceptors (Lipinski definition) is 3. The molecular weight excluding hydrogens is 344 g/mol. The van der Waals surface area contributed by atoms with Crippen LogP contribution in [0.15, 0.2) is 53.3 Å². The van der Waals surface area contributed by atoms with E-state index in [9.17, 15) is 14.4 Å². The second kappa shape index (κ2) is 6.75. The summed E-state index contributed by atoms with van der Waals surface area (Å²) in [5.41, 5.74) is 2.57. The first-order valence-electron chi connectivity index (χ1n) is 8.97. The van der Waals surface area contributed by atoms with Gasteiger partial charge in [-0.3, -0.25) is 23.6 Å². The van der Waals surface area contributed by atoms with Gasteiger partial charge >= 0.3 is 5.69 Å². The molecule has 0 aliphatic carbocycles. The second-order valence-corrected chi connectivity index (χ2v) is 6.55. The van der Waals surface area contributed by atoms with Crippen LogP contribution in [0.3, 0.4) is 0 Å². The van der Waals surface area contributed by atoms with Crippen molar-refractivity contribution in [1.29, 1.82) is 0 Å². The van der Waals surface area contributed by atoms with Crippen LogP contribution in [-0.2, 0) is 22.7 Å². The fraction of sp³-hybridized carbons (Fsp3) is 0.250. The predicted octanol–water partition coefficient (Wildman–Crippen LogP) is 2.20. The lowest BCUT2D eigenvalue weighted by molar-refractivity contribution is -0.122. The zero-order valence-electron chi connectivity index (χ0n) is 15.0. The molecule has 1 aliphatic heterocycles. The number of carbonyl (C=O) groups is 2. The van der Waals surface area contributed by atoms with Gasteiger partial charge in [0.15, 0.2) is 0 Å². The van der Waals surface area contributed by atoms with E-state index in [4.69, 9.17) is 0 Å². The third kappa shape index (κ3) is 2.91. The van der Waals surface area contributed by atoms with E-state index in [0.717, 1.165) is 17.5 Å². The third-order valence-electron chi connectivity index (χ3n) is 4.74. The van der Waals surface area contributed by atoms with Crippen molar-refractivity contribution in [2.75, 3.05) is 16.8 Å². The number of amides is 2. The minimum atomic E-state index is -0.293. The first kappa shape index (κ1) is 17.1. The van der Waals surface area contributed by atoms with Gasteiger partial charge < -0.3 is 5.32 Å². The highest BCUT2D eigenvalue weighted by molar-refractivity contribution is 6.09. The maximum atomic E-state index is 13.0. The van der Waals surface area contributed by atoms with E-state index in [1.165, 1.54) is 9.47 Å². The fourth-order valence-corrected chi connectivity index (χ4v) is 3.54. The predicted molar refractivity (Wildman–Crippen MR) is 104 cm³/mol. The van der Waals surface area contributed by atoms with Crippen molar-refractivity contribution >= 4 is 34.2 Å². The Kier molecular flexibility index (Phi) is 4.27. The molecule has 0 spiro atoms. The van der Waals surface area contributed by atoms with Crippen LogP contribution in [0, 0.1) is 0 Å². The highest BCUT2D eigenvalue weighted by Gasteiger charge is 2.27. The Morgan fingerprint density at radius 2 is 1.67 bits per heavy atom. The summed E-state index contributed by atoms with van der Waals surface area (Å²) in [6.07, 6.45) is 0.821. The summed E-state index contributed by atoms with van der Waals surface area (Å²) in [5.74, 6) is -0.540. The monoisotopic (exact) mass is 364 g/mol. The Morgan fingerprint density at radius 3 is 2.41 bits per heavy atom. The summed E-state index contributed by atoms with van der Waals surface area (Å²) in [4.78, 5) is 39.3. The molecule has 27 heavy (non-hydrogen) atoms. The van der Waals surface area contributed by atoms with Gasteiger partial charge in [0.2, 0.25) is 11.8 Å². The van der Waals surface area contributed by atoms with Crippen LogP contribution < -0.4 is 15.9 Å². The summed E-state index contributed by atoms with van der Waals surface area (Å²) in [7, 11) is 0. The molecule has 1 aromatic heterocycles. The lowest BCUT2D eigenvalue weighted by Gasteiger charge is -2.29. The Labute approximate surface area is 155 Å². The van der Waals surface area contributed by atoms with Crippen LogP contribution in [0.4, 0.5) is 11.4 Å². The summed E-state index contributed by atoms with van der Waals surface area (Å²) in [5, 5.41) is 2.76. The maximum Gasteiger partial charge on any atom is 0.329 e. The first-order chi connectivity index (χ1) is 13.1. The molecule has 0 unspecified atom stereocenters. The molecule has 138 valence electrons. The molecule has 1 N–H and O–H groups in total. The van der Waals surface area contributed by atoms with Crippen molar-refractivity contribution in [3.05, 3.63) is 59.0 Å². The summed E-state index contributed by atoms with van der Waals surface area (Å²) >= 11 is 0. The molecule has 7 nitrogen and oxygen atoms in total. The minimum Gasteiger partial charge on any atom is -0.323 e. The number of benzene rings is 2. The second-order valence-electron chi connectivity index (χ2n) is 6.55. The molecule has 2 amide bonds. The quantitative estimate of drug-likeness (QED) is 0.771. The van der Waals surface area contributed by atoms with Crippen molar-refractivity contribution in [2.24, 2.45) is 0 Å². The Morgan fingerprint density at radius 1 is 1.00 bits per heavy atom. The molecule has 0 fully saturated rings. The van der Waals surface area contributed by atoms with Gasteiger partial charge in [-0.05, 0) is 30.7 Å². The summed E-state index contributed by atoms with van der Waals surface area (Å²) < 4.78 is 3.18. The number of aromatic nitrogens is 2. The molecule has 4 rings (SSSR count). The van der Waals surface area contributed by atoms with Gasteiger partial charge in [-0.1, -0.05) is 31.2 Å². The van der Waals surface area contributed by atoms with E-state index in [1.54, 1.807) is 22.8 Å². The zero-order valence-corrected chi connectivity index (χ0v) is 15.0. The van der Waals surface area contributed by atoms with E-state index in [1.807, 2.05) is 37.3 Å². The highest BCUT2D eigenvalue weighted by atomic mass is 16.2. The number of anilines is 2. The standard InChI is InChI=1S/C20H20N4O3/c1-2-11-22-16-9-5-6-10-17(16)24(20(22)27)13-19(26)23-12-18(25)21-14-7-3-4-8-15(14)23/h3-10H,2,11-13H2,1H3,(H,21,25). The molecule has 2 heterocycles. The normalized spacial score (nSPS) is 13.5. The smallest absolute Gasteiger partial charge is 0.323 e. The number of aryl methyl sites for hydroxylation is 1. The maximum absolute atomic E-state index is 13.0. The van der Waals surface area contributed by atoms with Crippen LogP contribution in [0.5, 0.6) is 0 Å². The van der Waals surface area contributed by atoms with Crippen molar-refractivity contribution in [2.45, 2.75) is 26.4 Å². The number of para-hydroxylation sites is 4. The average molecular weight is 364 g/mol. The molecule has 7 heteroatoms. The van der Waals surface area contributed by atoms with Crippen molar-refractivity contribution < 1.29 is 9.59 Å². The van der Waals surface area contributed by atoms with Crippen LogP contribution in [0.25, 0.3) is 11.0 Å². The number of nitrogens with zero attached hydrogens (tertiary/aromatic N) is 3. The van der Waals surface area contributed by atoms with Crippen LogP contribution in [0.2, 0.25) is 0 Å². The van der Waals surface area contributed by atoms with E-state index >= 15 is 0 Å². The number of imidazole rings is 1. The Hall–Kier alpha value is -3.35. The van der Waals surface area contributed by atoms with Gasteiger partial charge in [-0.15, -0.1) is 0 Å². The fourth-order valence-electron chi connectivity index (χ4n) is 3.54. The number of carbonyl (C=O) groups excluding carboxylic acids is 2. The lowest BCUT2D eigenvalue weighted by atomic mass is 10.2. The largest absolute Gasteiger partial charge is 0.329 e. The molecule has 1 aliphatic rings. The van der Waals surface area contributed by atoms with E-state index in [2.05, 4.69) is 5.32 Å². The topological polar surface area (TPSA) is 76.3 Å². The van der Waals surface area contributed by atoms with Gasteiger partial charge in [-0.2, -0.15) is 0 Å². The van der Waals surface area contributed by atoms with Crippen LogP contribution >= 0.6 is 0 Å². The van der Waals surface area contributed by atoms with Gasteiger partial charge in [0.25, 0.3) is 0 Å². The lowest BCUT2D eigenvalue weighted by Crippen LogP contribution is -2.44. The third-order valence-corrected chi connectivity index (χ3v) is 4.74. The minimum absolute atomic E-state index is 0.0573. The Bertz CT molecular complexity index is 1100. The summed E-state index contributed by atoms with van der Waals surface area (Å²) in [6.45, 7) is 2.43.